The van der Waals surface area contributed by atoms with E-state index in [1.807, 2.05) is 12.1 Å². The van der Waals surface area contributed by atoms with E-state index in [4.69, 9.17) is 9.47 Å². The SMILES string of the molecule is CC(=O)Oc1ccc2c(c1)CC[C@@H]1[C@@H]2CC[C@@]2(C)[C@H]1C[C@H](O)[C@@H]2OC(C)=O. The van der Waals surface area contributed by atoms with Gasteiger partial charge in [0.25, 0.3) is 0 Å². The van der Waals surface area contributed by atoms with Gasteiger partial charge in [-0.2, -0.15) is 0 Å². The minimum atomic E-state index is -0.574. The summed E-state index contributed by atoms with van der Waals surface area (Å²) in [5.41, 5.74) is 2.48. The Morgan fingerprint density at radius 3 is 2.67 bits per heavy atom. The number of hydrogen-bond donors (Lipinski definition) is 1. The van der Waals surface area contributed by atoms with E-state index in [2.05, 4.69) is 13.0 Å². The fraction of sp³-hybridized carbons (Fsp3) is 0.636. The van der Waals surface area contributed by atoms with Crippen molar-refractivity contribution >= 4 is 11.9 Å². The van der Waals surface area contributed by atoms with Gasteiger partial charge in [-0.15, -0.1) is 0 Å². The van der Waals surface area contributed by atoms with E-state index < -0.39 is 12.2 Å². The molecule has 0 saturated heterocycles. The van der Waals surface area contributed by atoms with Crippen molar-refractivity contribution in [3.8, 4) is 5.75 Å². The standard InChI is InChI=1S/C22H28O5/c1-12(23)26-15-5-7-16-14(10-15)4-6-18-17(16)8-9-22(3)19(18)11-20(25)21(22)27-13(2)24/h5,7,10,17-21,25H,4,6,8-9,11H2,1-3H3/t17-,18-,19+,20+,21+,22+/m1/s1. The first-order chi connectivity index (χ1) is 12.8. The Hall–Kier alpha value is -1.88. The number of carbonyl (C=O) groups is 2. The predicted octanol–water partition coefficient (Wildman–Crippen LogP) is 3.37. The fourth-order valence-electron chi connectivity index (χ4n) is 6.15. The van der Waals surface area contributed by atoms with Crippen LogP contribution in [0.15, 0.2) is 18.2 Å². The molecule has 27 heavy (non-hydrogen) atoms. The van der Waals surface area contributed by atoms with Gasteiger partial charge in [-0.1, -0.05) is 13.0 Å². The minimum absolute atomic E-state index is 0.151. The van der Waals surface area contributed by atoms with Crippen LogP contribution in [0.3, 0.4) is 0 Å². The first-order valence-corrected chi connectivity index (χ1v) is 9.96. The largest absolute Gasteiger partial charge is 0.459 e. The molecule has 2 saturated carbocycles. The monoisotopic (exact) mass is 372 g/mol. The Morgan fingerprint density at radius 2 is 1.96 bits per heavy atom. The van der Waals surface area contributed by atoms with E-state index in [0.717, 1.165) is 25.7 Å². The normalized spacial score (nSPS) is 37.0. The molecule has 0 bridgehead atoms. The van der Waals surface area contributed by atoms with E-state index in [1.54, 1.807) is 0 Å². The van der Waals surface area contributed by atoms with Crippen LogP contribution in [0.1, 0.15) is 63.5 Å². The summed E-state index contributed by atoms with van der Waals surface area (Å²) in [6.45, 7) is 5.03. The van der Waals surface area contributed by atoms with Gasteiger partial charge < -0.3 is 14.6 Å². The molecule has 0 amide bonds. The lowest BCUT2D eigenvalue weighted by Crippen LogP contribution is -2.46. The van der Waals surface area contributed by atoms with E-state index in [9.17, 15) is 14.7 Å². The third kappa shape index (κ3) is 3.06. The van der Waals surface area contributed by atoms with Crippen molar-refractivity contribution in [3.05, 3.63) is 29.3 Å². The van der Waals surface area contributed by atoms with E-state index in [1.165, 1.54) is 25.0 Å². The first-order valence-electron chi connectivity index (χ1n) is 9.96. The molecule has 1 aromatic rings. The Balaban J connectivity index is 1.61. The van der Waals surface area contributed by atoms with Crippen molar-refractivity contribution in [2.24, 2.45) is 17.3 Å². The molecule has 1 aromatic carbocycles. The average molecular weight is 372 g/mol. The average Bonchev–Trinajstić information content (AvgIpc) is 2.85. The Morgan fingerprint density at radius 1 is 1.19 bits per heavy atom. The number of benzene rings is 1. The maximum atomic E-state index is 11.5. The van der Waals surface area contributed by atoms with Crippen molar-refractivity contribution in [2.75, 3.05) is 0 Å². The zero-order valence-corrected chi connectivity index (χ0v) is 16.2. The molecule has 0 aliphatic heterocycles. The van der Waals surface area contributed by atoms with Crippen LogP contribution in [0.25, 0.3) is 0 Å². The second kappa shape index (κ2) is 6.62. The number of aryl methyl sites for hydroxylation is 1. The van der Waals surface area contributed by atoms with Gasteiger partial charge >= 0.3 is 11.9 Å². The molecule has 0 aromatic heterocycles. The molecule has 3 aliphatic rings. The number of fused-ring (bicyclic) bond motifs is 5. The van der Waals surface area contributed by atoms with Crippen LogP contribution in [-0.4, -0.2) is 29.3 Å². The van der Waals surface area contributed by atoms with E-state index in [-0.39, 0.29) is 17.4 Å². The van der Waals surface area contributed by atoms with Crippen LogP contribution in [0.4, 0.5) is 0 Å². The second-order valence-corrected chi connectivity index (χ2v) is 8.75. The van der Waals surface area contributed by atoms with E-state index >= 15 is 0 Å². The summed E-state index contributed by atoms with van der Waals surface area (Å²) in [5, 5.41) is 10.6. The van der Waals surface area contributed by atoms with Crippen molar-refractivity contribution in [2.45, 2.75) is 71.0 Å². The molecule has 0 spiro atoms. The highest BCUT2D eigenvalue weighted by Crippen LogP contribution is 2.61. The number of hydrogen-bond acceptors (Lipinski definition) is 5. The van der Waals surface area contributed by atoms with Gasteiger partial charge in [0.1, 0.15) is 11.9 Å². The van der Waals surface area contributed by atoms with Crippen molar-refractivity contribution in [1.29, 1.82) is 0 Å². The third-order valence-electron chi connectivity index (χ3n) is 7.19. The van der Waals surface area contributed by atoms with Gasteiger partial charge in [-0.25, -0.2) is 0 Å². The van der Waals surface area contributed by atoms with Crippen LogP contribution in [0.5, 0.6) is 5.75 Å². The Kier molecular flexibility index (Phi) is 4.53. The summed E-state index contributed by atoms with van der Waals surface area (Å²) in [4.78, 5) is 22.8. The molecule has 2 fully saturated rings. The highest BCUT2D eigenvalue weighted by Gasteiger charge is 2.59. The number of aliphatic hydroxyl groups excluding tert-OH is 1. The lowest BCUT2D eigenvalue weighted by Gasteiger charge is -2.50. The molecular formula is C22H28O5. The summed E-state index contributed by atoms with van der Waals surface area (Å²) >= 11 is 0. The number of ether oxygens (including phenoxy) is 2. The number of esters is 2. The summed E-state index contributed by atoms with van der Waals surface area (Å²) in [6, 6.07) is 6.01. The summed E-state index contributed by atoms with van der Waals surface area (Å²) in [6.07, 6.45) is 3.72. The van der Waals surface area contributed by atoms with Gasteiger partial charge in [0.2, 0.25) is 0 Å². The maximum Gasteiger partial charge on any atom is 0.308 e. The Labute approximate surface area is 160 Å². The minimum Gasteiger partial charge on any atom is -0.459 e. The van der Waals surface area contributed by atoms with Crippen molar-refractivity contribution in [3.63, 3.8) is 0 Å². The molecule has 1 N–H and O–H groups in total. The topological polar surface area (TPSA) is 72.8 Å². The van der Waals surface area contributed by atoms with Crippen LogP contribution < -0.4 is 4.74 Å². The lowest BCUT2D eigenvalue weighted by atomic mass is 9.55. The molecule has 5 nitrogen and oxygen atoms in total. The van der Waals surface area contributed by atoms with Gasteiger partial charge in [0, 0.05) is 19.3 Å². The van der Waals surface area contributed by atoms with Crippen LogP contribution in [0, 0.1) is 17.3 Å². The van der Waals surface area contributed by atoms with Gasteiger partial charge in [-0.3, -0.25) is 9.59 Å². The van der Waals surface area contributed by atoms with Crippen LogP contribution in [-0.2, 0) is 20.7 Å². The number of carbonyl (C=O) groups excluding carboxylic acids is 2. The summed E-state index contributed by atoms with van der Waals surface area (Å²) in [5.74, 6) is 1.32. The molecule has 0 unspecified atom stereocenters. The quantitative estimate of drug-likeness (QED) is 0.636. The molecule has 4 rings (SSSR count). The molecule has 0 heterocycles. The molecule has 5 heteroatoms. The lowest BCUT2D eigenvalue weighted by molar-refractivity contribution is -0.161. The van der Waals surface area contributed by atoms with Gasteiger partial charge in [0.15, 0.2) is 0 Å². The van der Waals surface area contributed by atoms with Crippen molar-refractivity contribution < 1.29 is 24.2 Å². The Bertz CT molecular complexity index is 772. The molecule has 146 valence electrons. The maximum absolute atomic E-state index is 11.5. The third-order valence-corrected chi connectivity index (χ3v) is 7.19. The molecule has 3 aliphatic carbocycles. The van der Waals surface area contributed by atoms with Gasteiger partial charge in [0.05, 0.1) is 6.10 Å². The fourth-order valence-corrected chi connectivity index (χ4v) is 6.15. The number of aliphatic hydroxyl groups is 1. The second-order valence-electron chi connectivity index (χ2n) is 8.75. The summed E-state index contributed by atoms with van der Waals surface area (Å²) in [7, 11) is 0. The number of rotatable bonds is 2. The highest BCUT2D eigenvalue weighted by atomic mass is 16.6. The van der Waals surface area contributed by atoms with Crippen molar-refractivity contribution in [1.82, 2.24) is 0 Å². The first kappa shape index (κ1) is 18.5. The van der Waals surface area contributed by atoms with E-state index in [0.29, 0.717) is 29.9 Å². The highest BCUT2D eigenvalue weighted by molar-refractivity contribution is 5.69. The smallest absolute Gasteiger partial charge is 0.308 e. The zero-order chi connectivity index (χ0) is 19.3. The summed E-state index contributed by atoms with van der Waals surface area (Å²) < 4.78 is 10.8. The molecule has 6 atom stereocenters. The van der Waals surface area contributed by atoms with Crippen LogP contribution >= 0.6 is 0 Å². The van der Waals surface area contributed by atoms with Gasteiger partial charge in [-0.05, 0) is 73.1 Å². The molecular weight excluding hydrogens is 344 g/mol. The van der Waals surface area contributed by atoms with Crippen LogP contribution in [0.2, 0.25) is 0 Å². The predicted molar refractivity (Wildman–Crippen MR) is 99.3 cm³/mol. The zero-order valence-electron chi connectivity index (χ0n) is 16.2. The molecule has 0 radical (unpaired) electrons.